The summed E-state index contributed by atoms with van der Waals surface area (Å²) in [4.78, 5) is 25.6. The van der Waals surface area contributed by atoms with Crippen LogP contribution < -0.4 is 19.7 Å². The number of ether oxygens (including phenoxy) is 2. The van der Waals surface area contributed by atoms with Crippen LogP contribution in [0.3, 0.4) is 0 Å². The van der Waals surface area contributed by atoms with Gasteiger partial charge in [0.25, 0.3) is 0 Å². The van der Waals surface area contributed by atoms with E-state index in [1.165, 1.54) is 32.1 Å². The van der Waals surface area contributed by atoms with Gasteiger partial charge in [-0.25, -0.2) is 4.39 Å². The van der Waals surface area contributed by atoms with Gasteiger partial charge in [0.2, 0.25) is 11.8 Å². The minimum Gasteiger partial charge on any atom is -0.497 e. The van der Waals surface area contributed by atoms with Crippen molar-refractivity contribution in [2.45, 2.75) is 13.3 Å². The van der Waals surface area contributed by atoms with E-state index in [0.717, 1.165) is 0 Å². The van der Waals surface area contributed by atoms with Crippen molar-refractivity contribution < 1.29 is 23.5 Å². The largest absolute Gasteiger partial charge is 0.497 e. The molecule has 0 saturated heterocycles. The average molecular weight is 374 g/mol. The van der Waals surface area contributed by atoms with Crippen LogP contribution in [0.4, 0.5) is 10.1 Å². The van der Waals surface area contributed by atoms with Crippen LogP contribution in [0.25, 0.3) is 0 Å². The highest BCUT2D eigenvalue weighted by Crippen LogP contribution is 2.32. The molecule has 2 aromatic rings. The number of hydrogen-bond donors (Lipinski definition) is 1. The fraction of sp³-hybridized carbons (Fsp3) is 0.300. The second-order valence-electron chi connectivity index (χ2n) is 5.83. The molecule has 27 heavy (non-hydrogen) atoms. The van der Waals surface area contributed by atoms with Crippen LogP contribution in [0.2, 0.25) is 0 Å². The zero-order chi connectivity index (χ0) is 19.8. The molecule has 2 amide bonds. The minimum atomic E-state index is -0.348. The maximum atomic E-state index is 13.6. The molecule has 0 radical (unpaired) electrons. The van der Waals surface area contributed by atoms with Gasteiger partial charge in [0.15, 0.2) is 0 Å². The van der Waals surface area contributed by atoms with E-state index in [2.05, 4.69) is 5.32 Å². The van der Waals surface area contributed by atoms with Crippen LogP contribution in [0, 0.1) is 5.82 Å². The molecule has 0 heterocycles. The zero-order valence-corrected chi connectivity index (χ0v) is 15.6. The summed E-state index contributed by atoms with van der Waals surface area (Å²) >= 11 is 0. The maximum absolute atomic E-state index is 13.6. The number of carbonyl (C=O) groups excluding carboxylic acids is 2. The number of halogens is 1. The van der Waals surface area contributed by atoms with Crippen LogP contribution in [-0.2, 0) is 16.0 Å². The minimum absolute atomic E-state index is 0.171. The van der Waals surface area contributed by atoms with Gasteiger partial charge in [-0.05, 0) is 30.2 Å². The molecule has 0 spiro atoms. The lowest BCUT2D eigenvalue weighted by atomic mass is 10.1. The Hall–Kier alpha value is -3.09. The number of benzene rings is 2. The molecule has 0 fully saturated rings. The van der Waals surface area contributed by atoms with E-state index in [0.29, 0.717) is 29.2 Å². The van der Waals surface area contributed by atoms with Gasteiger partial charge in [0.1, 0.15) is 23.9 Å². The van der Waals surface area contributed by atoms with E-state index >= 15 is 0 Å². The Morgan fingerprint density at radius 3 is 2.48 bits per heavy atom. The summed E-state index contributed by atoms with van der Waals surface area (Å²) < 4.78 is 24.1. The Morgan fingerprint density at radius 1 is 1.11 bits per heavy atom. The van der Waals surface area contributed by atoms with Crippen molar-refractivity contribution in [3.63, 3.8) is 0 Å². The number of nitrogens with zero attached hydrogens (tertiary/aromatic N) is 1. The van der Waals surface area contributed by atoms with Gasteiger partial charge >= 0.3 is 0 Å². The SMILES string of the molecule is COc1ccc(N(CC(=O)NCCc2ccccc2F)C(C)=O)c(OC)c1. The quantitative estimate of drug-likeness (QED) is 0.771. The summed E-state index contributed by atoms with van der Waals surface area (Å²) in [6, 6.07) is 11.4. The Balaban J connectivity index is 2.02. The third kappa shape index (κ3) is 5.44. The van der Waals surface area contributed by atoms with Crippen molar-refractivity contribution in [2.24, 2.45) is 0 Å². The number of carbonyl (C=O) groups is 2. The summed E-state index contributed by atoms with van der Waals surface area (Å²) in [5, 5.41) is 2.71. The first kappa shape index (κ1) is 20.2. The summed E-state index contributed by atoms with van der Waals surface area (Å²) in [7, 11) is 3.01. The average Bonchev–Trinajstić information content (AvgIpc) is 2.67. The Labute approximate surface area is 157 Å². The lowest BCUT2D eigenvalue weighted by Crippen LogP contribution is -2.40. The summed E-state index contributed by atoms with van der Waals surface area (Å²) in [6.07, 6.45) is 0.365. The van der Waals surface area contributed by atoms with Crippen molar-refractivity contribution in [3.8, 4) is 11.5 Å². The van der Waals surface area contributed by atoms with Crippen molar-refractivity contribution in [1.29, 1.82) is 0 Å². The van der Waals surface area contributed by atoms with E-state index in [4.69, 9.17) is 9.47 Å². The Bertz CT molecular complexity index is 810. The highest BCUT2D eigenvalue weighted by Gasteiger charge is 2.20. The van der Waals surface area contributed by atoms with Crippen LogP contribution >= 0.6 is 0 Å². The summed E-state index contributed by atoms with van der Waals surface area (Å²) in [5.41, 5.74) is 0.994. The van der Waals surface area contributed by atoms with Crippen molar-refractivity contribution in [1.82, 2.24) is 5.32 Å². The lowest BCUT2D eigenvalue weighted by Gasteiger charge is -2.23. The van der Waals surface area contributed by atoms with E-state index in [9.17, 15) is 14.0 Å². The van der Waals surface area contributed by atoms with Crippen molar-refractivity contribution in [3.05, 3.63) is 53.8 Å². The van der Waals surface area contributed by atoms with E-state index < -0.39 is 0 Å². The number of hydrogen-bond acceptors (Lipinski definition) is 4. The molecule has 0 aliphatic carbocycles. The highest BCUT2D eigenvalue weighted by molar-refractivity contribution is 5.98. The molecular weight excluding hydrogens is 351 g/mol. The zero-order valence-electron chi connectivity index (χ0n) is 15.6. The maximum Gasteiger partial charge on any atom is 0.240 e. The fourth-order valence-corrected chi connectivity index (χ4v) is 2.61. The van der Waals surface area contributed by atoms with Gasteiger partial charge in [-0.2, -0.15) is 0 Å². The number of rotatable bonds is 8. The summed E-state index contributed by atoms with van der Waals surface area (Å²) in [6.45, 7) is 1.47. The fourth-order valence-electron chi connectivity index (χ4n) is 2.61. The van der Waals surface area contributed by atoms with Crippen LogP contribution in [0.1, 0.15) is 12.5 Å². The lowest BCUT2D eigenvalue weighted by molar-refractivity contribution is -0.123. The molecule has 6 nitrogen and oxygen atoms in total. The molecule has 0 aromatic heterocycles. The molecule has 0 atom stereocenters. The third-order valence-electron chi connectivity index (χ3n) is 4.03. The Morgan fingerprint density at radius 2 is 1.85 bits per heavy atom. The predicted octanol–water partition coefficient (Wildman–Crippen LogP) is 2.55. The normalized spacial score (nSPS) is 10.2. The molecule has 0 saturated carbocycles. The molecule has 0 unspecified atom stereocenters. The standard InChI is InChI=1S/C20H23FN2O4/c1-14(24)23(18-9-8-16(26-2)12-19(18)27-3)13-20(25)22-11-10-15-6-4-5-7-17(15)21/h4-9,12H,10-11,13H2,1-3H3,(H,22,25). The molecule has 2 rings (SSSR count). The predicted molar refractivity (Wildman–Crippen MR) is 101 cm³/mol. The first-order chi connectivity index (χ1) is 13.0. The van der Waals surface area contributed by atoms with E-state index in [-0.39, 0.29) is 30.7 Å². The topological polar surface area (TPSA) is 67.9 Å². The van der Waals surface area contributed by atoms with E-state index in [1.807, 2.05) is 0 Å². The molecule has 0 bridgehead atoms. The highest BCUT2D eigenvalue weighted by atomic mass is 19.1. The molecule has 144 valence electrons. The van der Waals surface area contributed by atoms with Gasteiger partial charge in [0.05, 0.1) is 19.9 Å². The summed E-state index contributed by atoms with van der Waals surface area (Å²) in [5.74, 6) is 0.0411. The molecule has 0 aliphatic rings. The van der Waals surface area contributed by atoms with Crippen LogP contribution in [0.15, 0.2) is 42.5 Å². The first-order valence-electron chi connectivity index (χ1n) is 8.46. The second kappa shape index (κ2) is 9.56. The molecule has 7 heteroatoms. The molecule has 1 N–H and O–H groups in total. The molecular formula is C20H23FN2O4. The number of anilines is 1. The molecule has 2 aromatic carbocycles. The van der Waals surface area contributed by atoms with Crippen molar-refractivity contribution >= 4 is 17.5 Å². The number of methoxy groups -OCH3 is 2. The van der Waals surface area contributed by atoms with E-state index in [1.54, 1.807) is 36.4 Å². The monoisotopic (exact) mass is 374 g/mol. The van der Waals surface area contributed by atoms with Crippen LogP contribution in [-0.4, -0.2) is 39.1 Å². The van der Waals surface area contributed by atoms with Gasteiger partial charge in [-0.3, -0.25) is 14.5 Å². The smallest absolute Gasteiger partial charge is 0.240 e. The Kier molecular flexibility index (Phi) is 7.16. The first-order valence-corrected chi connectivity index (χ1v) is 8.46. The van der Waals surface area contributed by atoms with Crippen molar-refractivity contribution in [2.75, 3.05) is 32.2 Å². The van der Waals surface area contributed by atoms with Gasteiger partial charge in [-0.1, -0.05) is 18.2 Å². The second-order valence-corrected chi connectivity index (χ2v) is 5.83. The number of amides is 2. The van der Waals surface area contributed by atoms with Gasteiger partial charge < -0.3 is 14.8 Å². The van der Waals surface area contributed by atoms with Gasteiger partial charge in [-0.15, -0.1) is 0 Å². The molecule has 0 aliphatic heterocycles. The number of nitrogens with one attached hydrogen (secondary N) is 1. The van der Waals surface area contributed by atoms with Gasteiger partial charge in [0, 0.05) is 19.5 Å². The van der Waals surface area contributed by atoms with Crippen LogP contribution in [0.5, 0.6) is 11.5 Å². The third-order valence-corrected chi connectivity index (χ3v) is 4.03.